The van der Waals surface area contributed by atoms with Crippen molar-refractivity contribution < 1.29 is 5.11 Å². The second-order valence-electron chi connectivity index (χ2n) is 5.44. The topological polar surface area (TPSA) is 38.0 Å². The van der Waals surface area contributed by atoms with Crippen LogP contribution in [-0.4, -0.2) is 14.9 Å². The molecule has 0 aliphatic heterocycles. The Morgan fingerprint density at radius 2 is 1.71 bits per heavy atom. The van der Waals surface area contributed by atoms with E-state index in [0.29, 0.717) is 0 Å². The molecule has 0 aliphatic carbocycles. The molecular weight excluding hydrogens is 260 g/mol. The third-order valence-corrected chi connectivity index (χ3v) is 3.74. The van der Waals surface area contributed by atoms with E-state index in [1.54, 1.807) is 10.7 Å². The molecule has 0 aliphatic rings. The molecule has 3 rings (SSSR count). The molecule has 0 saturated carbocycles. The largest absolute Gasteiger partial charge is 0.493 e. The van der Waals surface area contributed by atoms with Gasteiger partial charge in [-0.15, -0.1) is 0 Å². The van der Waals surface area contributed by atoms with Crippen molar-refractivity contribution in [3.63, 3.8) is 0 Å². The van der Waals surface area contributed by atoms with Gasteiger partial charge in [0.2, 0.25) is 5.88 Å². The molecule has 0 radical (unpaired) electrons. The first kappa shape index (κ1) is 13.4. The van der Waals surface area contributed by atoms with Gasteiger partial charge in [-0.3, -0.25) is 0 Å². The Kier molecular flexibility index (Phi) is 3.26. The van der Waals surface area contributed by atoms with Gasteiger partial charge < -0.3 is 5.11 Å². The molecule has 106 valence electrons. The summed E-state index contributed by atoms with van der Waals surface area (Å²) in [4.78, 5) is 0. The highest BCUT2D eigenvalue weighted by atomic mass is 16.3. The fourth-order valence-electron chi connectivity index (χ4n) is 2.36. The van der Waals surface area contributed by atoms with Gasteiger partial charge in [0.05, 0.1) is 11.4 Å². The average molecular weight is 278 g/mol. The van der Waals surface area contributed by atoms with Crippen LogP contribution in [0.3, 0.4) is 0 Å². The number of benzene rings is 2. The molecule has 0 fully saturated rings. The maximum absolute atomic E-state index is 10.2. The summed E-state index contributed by atoms with van der Waals surface area (Å²) < 4.78 is 1.57. The Balaban J connectivity index is 2.07. The Labute approximate surface area is 124 Å². The van der Waals surface area contributed by atoms with Gasteiger partial charge in [0.15, 0.2) is 0 Å². The molecule has 0 atom stereocenters. The van der Waals surface area contributed by atoms with Crippen molar-refractivity contribution in [3.8, 4) is 22.8 Å². The molecule has 3 heteroatoms. The van der Waals surface area contributed by atoms with Crippen LogP contribution in [0.5, 0.6) is 5.88 Å². The second-order valence-corrected chi connectivity index (χ2v) is 5.44. The Morgan fingerprint density at radius 3 is 2.43 bits per heavy atom. The zero-order chi connectivity index (χ0) is 15.0. The van der Waals surface area contributed by atoms with Crippen molar-refractivity contribution in [3.05, 3.63) is 65.2 Å². The smallest absolute Gasteiger partial charge is 0.214 e. The third-order valence-electron chi connectivity index (χ3n) is 3.74. The Bertz CT molecular complexity index is 803. The fraction of sp³-hybridized carbons (Fsp3) is 0.167. The van der Waals surface area contributed by atoms with Gasteiger partial charge >= 0.3 is 0 Å². The monoisotopic (exact) mass is 278 g/mol. The van der Waals surface area contributed by atoms with E-state index in [1.807, 2.05) is 43.3 Å². The van der Waals surface area contributed by atoms with Crippen LogP contribution in [0.2, 0.25) is 0 Å². The Morgan fingerprint density at radius 1 is 0.905 bits per heavy atom. The second kappa shape index (κ2) is 5.09. The summed E-state index contributed by atoms with van der Waals surface area (Å²) in [6.45, 7) is 6.17. The molecule has 1 heterocycles. The molecule has 1 N–H and O–H groups in total. The van der Waals surface area contributed by atoms with Gasteiger partial charge in [0.25, 0.3) is 0 Å². The quantitative estimate of drug-likeness (QED) is 0.764. The molecular formula is C18H18N2O. The van der Waals surface area contributed by atoms with E-state index < -0.39 is 0 Å². The first-order valence-corrected chi connectivity index (χ1v) is 6.98. The van der Waals surface area contributed by atoms with E-state index in [0.717, 1.165) is 16.9 Å². The van der Waals surface area contributed by atoms with Crippen LogP contribution in [-0.2, 0) is 0 Å². The number of rotatable bonds is 2. The first-order chi connectivity index (χ1) is 10.0. The lowest BCUT2D eigenvalue weighted by molar-refractivity contribution is 0.433. The molecule has 0 spiro atoms. The maximum atomic E-state index is 10.2. The zero-order valence-electron chi connectivity index (χ0n) is 12.5. The maximum Gasteiger partial charge on any atom is 0.214 e. The predicted molar refractivity (Wildman–Crippen MR) is 84.9 cm³/mol. The number of hydrogen-bond acceptors (Lipinski definition) is 2. The highest BCUT2D eigenvalue weighted by molar-refractivity contribution is 5.62. The van der Waals surface area contributed by atoms with Crippen LogP contribution in [0, 0.1) is 20.8 Å². The zero-order valence-corrected chi connectivity index (χ0v) is 12.5. The van der Waals surface area contributed by atoms with Gasteiger partial charge in [-0.05, 0) is 50.1 Å². The molecule has 3 nitrogen and oxygen atoms in total. The van der Waals surface area contributed by atoms with E-state index in [1.165, 1.54) is 16.7 Å². The molecule has 0 bridgehead atoms. The lowest BCUT2D eigenvalue weighted by Gasteiger charge is -2.06. The van der Waals surface area contributed by atoms with E-state index in [-0.39, 0.29) is 5.88 Å². The summed E-state index contributed by atoms with van der Waals surface area (Å²) in [6.07, 6.45) is 0. The minimum absolute atomic E-state index is 0.148. The highest BCUT2D eigenvalue weighted by Crippen LogP contribution is 2.26. The first-order valence-electron chi connectivity index (χ1n) is 6.98. The normalized spacial score (nSPS) is 10.8. The van der Waals surface area contributed by atoms with Gasteiger partial charge in [0, 0.05) is 11.6 Å². The van der Waals surface area contributed by atoms with E-state index in [9.17, 15) is 5.11 Å². The highest BCUT2D eigenvalue weighted by Gasteiger charge is 2.10. The van der Waals surface area contributed by atoms with Crippen molar-refractivity contribution in [2.75, 3.05) is 0 Å². The summed E-state index contributed by atoms with van der Waals surface area (Å²) in [5.74, 6) is 0.148. The molecule has 3 aromatic rings. The molecule has 1 aromatic heterocycles. The fourth-order valence-corrected chi connectivity index (χ4v) is 2.36. The minimum Gasteiger partial charge on any atom is -0.493 e. The molecule has 0 saturated heterocycles. The van der Waals surface area contributed by atoms with Gasteiger partial charge in [-0.1, -0.05) is 29.8 Å². The summed E-state index contributed by atoms with van der Waals surface area (Å²) in [5.41, 5.74) is 6.23. The van der Waals surface area contributed by atoms with Crippen molar-refractivity contribution in [1.82, 2.24) is 9.78 Å². The van der Waals surface area contributed by atoms with Crippen LogP contribution in [0.4, 0.5) is 0 Å². The predicted octanol–water partition coefficient (Wildman–Crippen LogP) is 4.17. The summed E-state index contributed by atoms with van der Waals surface area (Å²) in [5, 5.41) is 14.7. The van der Waals surface area contributed by atoms with Gasteiger partial charge in [-0.2, -0.15) is 5.10 Å². The Hall–Kier alpha value is -2.55. The number of hydrogen-bond donors (Lipinski definition) is 1. The SMILES string of the molecule is Cc1cccc(-c2cc(O)n(-c3ccc(C)c(C)c3)n2)c1. The summed E-state index contributed by atoms with van der Waals surface area (Å²) in [7, 11) is 0. The summed E-state index contributed by atoms with van der Waals surface area (Å²) >= 11 is 0. The van der Waals surface area contributed by atoms with E-state index >= 15 is 0 Å². The molecule has 21 heavy (non-hydrogen) atoms. The van der Waals surface area contributed by atoms with Gasteiger partial charge in [0.1, 0.15) is 0 Å². The summed E-state index contributed by atoms with van der Waals surface area (Å²) in [6, 6.07) is 15.8. The lowest BCUT2D eigenvalue weighted by Crippen LogP contribution is -1.97. The average Bonchev–Trinajstić information content (AvgIpc) is 2.84. The van der Waals surface area contributed by atoms with Crippen molar-refractivity contribution >= 4 is 0 Å². The number of aryl methyl sites for hydroxylation is 3. The number of aromatic hydroxyl groups is 1. The lowest BCUT2D eigenvalue weighted by atomic mass is 10.1. The minimum atomic E-state index is 0.148. The van der Waals surface area contributed by atoms with Crippen LogP contribution in [0.25, 0.3) is 16.9 Å². The van der Waals surface area contributed by atoms with E-state index in [4.69, 9.17) is 0 Å². The van der Waals surface area contributed by atoms with E-state index in [2.05, 4.69) is 25.0 Å². The van der Waals surface area contributed by atoms with Crippen LogP contribution in [0.15, 0.2) is 48.5 Å². The number of nitrogens with zero attached hydrogens (tertiary/aromatic N) is 2. The van der Waals surface area contributed by atoms with Gasteiger partial charge in [-0.25, -0.2) is 4.68 Å². The van der Waals surface area contributed by atoms with Crippen molar-refractivity contribution in [1.29, 1.82) is 0 Å². The third kappa shape index (κ3) is 2.55. The number of aromatic nitrogens is 2. The standard InChI is InChI=1S/C18H18N2O/c1-12-5-4-6-15(9-12)17-11-18(21)20(19-17)16-8-7-13(2)14(3)10-16/h4-11,21H,1-3H3. The van der Waals surface area contributed by atoms with Crippen molar-refractivity contribution in [2.45, 2.75) is 20.8 Å². The molecule has 0 unspecified atom stereocenters. The molecule has 2 aromatic carbocycles. The van der Waals surface area contributed by atoms with Crippen LogP contribution in [0.1, 0.15) is 16.7 Å². The van der Waals surface area contributed by atoms with Crippen LogP contribution >= 0.6 is 0 Å². The molecule has 0 amide bonds. The van der Waals surface area contributed by atoms with Crippen LogP contribution < -0.4 is 0 Å². The van der Waals surface area contributed by atoms with Crippen molar-refractivity contribution in [2.24, 2.45) is 0 Å².